The van der Waals surface area contributed by atoms with Gasteiger partial charge in [0, 0.05) is 11.6 Å². The van der Waals surface area contributed by atoms with E-state index in [4.69, 9.17) is 16.3 Å². The summed E-state index contributed by atoms with van der Waals surface area (Å²) in [5.41, 5.74) is 0.832. The molecule has 0 saturated carbocycles. The lowest BCUT2D eigenvalue weighted by Gasteiger charge is -2.08. The second-order valence-corrected chi connectivity index (χ2v) is 6.56. The maximum atomic E-state index is 12.1. The predicted octanol–water partition coefficient (Wildman–Crippen LogP) is 3.22. The molecule has 0 radical (unpaired) electrons. The molecule has 0 saturated heterocycles. The summed E-state index contributed by atoms with van der Waals surface area (Å²) in [4.78, 5) is 0.188. The van der Waals surface area contributed by atoms with E-state index in [0.717, 1.165) is 11.3 Å². The molecule has 0 bridgehead atoms. The molecule has 0 fully saturated rings. The van der Waals surface area contributed by atoms with Crippen molar-refractivity contribution in [1.82, 2.24) is 4.72 Å². The minimum atomic E-state index is -3.55. The van der Waals surface area contributed by atoms with Crippen molar-refractivity contribution in [3.05, 3.63) is 59.1 Å². The fraction of sp³-hybridized carbons (Fsp3) is 0.200. The molecule has 4 nitrogen and oxygen atoms in total. The fourth-order valence-corrected chi connectivity index (χ4v) is 2.93. The highest BCUT2D eigenvalue weighted by atomic mass is 35.5. The number of sulfonamides is 1. The van der Waals surface area contributed by atoms with Crippen molar-refractivity contribution in [2.45, 2.75) is 18.4 Å². The van der Waals surface area contributed by atoms with E-state index in [-0.39, 0.29) is 11.4 Å². The summed E-state index contributed by atoms with van der Waals surface area (Å²) in [6, 6.07) is 13.4. The predicted molar refractivity (Wildman–Crippen MR) is 83.1 cm³/mol. The Bertz CT molecular complexity index is 699. The Morgan fingerprint density at radius 1 is 1.14 bits per heavy atom. The largest absolute Gasteiger partial charge is 0.494 e. The summed E-state index contributed by atoms with van der Waals surface area (Å²) < 4.78 is 32.2. The Morgan fingerprint density at radius 2 is 1.86 bits per heavy atom. The van der Waals surface area contributed by atoms with Crippen LogP contribution in [0.2, 0.25) is 5.02 Å². The van der Waals surface area contributed by atoms with Crippen LogP contribution in [0.5, 0.6) is 5.75 Å². The number of rotatable bonds is 6. The lowest BCUT2D eigenvalue weighted by molar-refractivity contribution is 0.340. The highest BCUT2D eigenvalue weighted by molar-refractivity contribution is 7.89. The molecule has 21 heavy (non-hydrogen) atoms. The van der Waals surface area contributed by atoms with Gasteiger partial charge in [0.05, 0.1) is 11.5 Å². The third kappa shape index (κ3) is 4.46. The zero-order chi connectivity index (χ0) is 15.3. The topological polar surface area (TPSA) is 55.4 Å². The van der Waals surface area contributed by atoms with Gasteiger partial charge in [-0.15, -0.1) is 0 Å². The first kappa shape index (κ1) is 15.8. The summed E-state index contributed by atoms with van der Waals surface area (Å²) in [5.74, 6) is 0.723. The average Bonchev–Trinajstić information content (AvgIpc) is 2.47. The first-order chi connectivity index (χ1) is 10.0. The Morgan fingerprint density at radius 3 is 2.52 bits per heavy atom. The van der Waals surface area contributed by atoms with Gasteiger partial charge in [-0.3, -0.25) is 0 Å². The number of halogens is 1. The van der Waals surface area contributed by atoms with Crippen LogP contribution in [0.3, 0.4) is 0 Å². The van der Waals surface area contributed by atoms with Crippen LogP contribution in [-0.4, -0.2) is 15.0 Å². The summed E-state index contributed by atoms with van der Waals surface area (Å²) in [6.45, 7) is 2.67. The molecule has 0 aromatic heterocycles. The minimum Gasteiger partial charge on any atom is -0.494 e. The Labute approximate surface area is 129 Å². The quantitative estimate of drug-likeness (QED) is 0.887. The van der Waals surface area contributed by atoms with Gasteiger partial charge in [-0.1, -0.05) is 23.7 Å². The van der Waals surface area contributed by atoms with E-state index < -0.39 is 10.0 Å². The summed E-state index contributed by atoms with van der Waals surface area (Å²) in [7, 11) is -3.55. The van der Waals surface area contributed by atoms with Crippen LogP contribution in [0, 0.1) is 0 Å². The molecule has 0 aliphatic heterocycles. The lowest BCUT2D eigenvalue weighted by Crippen LogP contribution is -2.23. The van der Waals surface area contributed by atoms with Crippen molar-refractivity contribution >= 4 is 21.6 Å². The maximum absolute atomic E-state index is 12.1. The number of hydrogen-bond donors (Lipinski definition) is 1. The van der Waals surface area contributed by atoms with Crippen molar-refractivity contribution < 1.29 is 13.2 Å². The first-order valence-electron chi connectivity index (χ1n) is 6.48. The molecule has 0 heterocycles. The Hall–Kier alpha value is -1.56. The molecular formula is C15H16ClNO3S. The zero-order valence-electron chi connectivity index (χ0n) is 11.5. The van der Waals surface area contributed by atoms with Gasteiger partial charge in [-0.25, -0.2) is 13.1 Å². The molecule has 0 atom stereocenters. The standard InChI is InChI=1S/C15H16ClNO3S/c1-2-20-14-5-3-4-12(10-14)11-17-21(18,19)15-8-6-13(16)7-9-15/h3-10,17H,2,11H2,1H3. The molecular weight excluding hydrogens is 310 g/mol. The van der Waals surface area contributed by atoms with Gasteiger partial charge in [-0.2, -0.15) is 0 Å². The van der Waals surface area contributed by atoms with Gasteiger partial charge in [0.2, 0.25) is 10.0 Å². The third-order valence-corrected chi connectivity index (χ3v) is 4.47. The number of ether oxygens (including phenoxy) is 1. The van der Waals surface area contributed by atoms with Crippen LogP contribution < -0.4 is 9.46 Å². The van der Waals surface area contributed by atoms with Crippen LogP contribution in [-0.2, 0) is 16.6 Å². The van der Waals surface area contributed by atoms with E-state index in [0.29, 0.717) is 11.6 Å². The molecule has 0 amide bonds. The molecule has 0 aliphatic rings. The fourth-order valence-electron chi connectivity index (χ4n) is 1.79. The van der Waals surface area contributed by atoms with E-state index in [9.17, 15) is 8.42 Å². The maximum Gasteiger partial charge on any atom is 0.240 e. The number of nitrogens with one attached hydrogen (secondary N) is 1. The van der Waals surface area contributed by atoms with Gasteiger partial charge in [0.15, 0.2) is 0 Å². The van der Waals surface area contributed by atoms with Crippen molar-refractivity contribution in [2.24, 2.45) is 0 Å². The average molecular weight is 326 g/mol. The van der Waals surface area contributed by atoms with Crippen LogP contribution in [0.4, 0.5) is 0 Å². The van der Waals surface area contributed by atoms with E-state index in [1.165, 1.54) is 12.1 Å². The minimum absolute atomic E-state index is 0.188. The molecule has 1 N–H and O–H groups in total. The van der Waals surface area contributed by atoms with Gasteiger partial charge in [0.25, 0.3) is 0 Å². The van der Waals surface area contributed by atoms with Crippen molar-refractivity contribution in [2.75, 3.05) is 6.61 Å². The Kier molecular flexibility index (Phi) is 5.22. The SMILES string of the molecule is CCOc1cccc(CNS(=O)(=O)c2ccc(Cl)cc2)c1. The highest BCUT2D eigenvalue weighted by Crippen LogP contribution is 2.16. The summed E-state index contributed by atoms with van der Waals surface area (Å²) >= 11 is 5.75. The molecule has 112 valence electrons. The summed E-state index contributed by atoms with van der Waals surface area (Å²) in [6.07, 6.45) is 0. The second-order valence-electron chi connectivity index (χ2n) is 4.36. The third-order valence-electron chi connectivity index (χ3n) is 2.80. The molecule has 0 spiro atoms. The second kappa shape index (κ2) is 6.93. The van der Waals surface area contributed by atoms with Crippen LogP contribution >= 0.6 is 11.6 Å². The lowest BCUT2D eigenvalue weighted by atomic mass is 10.2. The number of benzene rings is 2. The monoisotopic (exact) mass is 325 g/mol. The van der Waals surface area contributed by atoms with E-state index in [1.54, 1.807) is 12.1 Å². The van der Waals surface area contributed by atoms with Gasteiger partial charge in [0.1, 0.15) is 5.75 Å². The first-order valence-corrected chi connectivity index (χ1v) is 8.34. The van der Waals surface area contributed by atoms with E-state index in [2.05, 4.69) is 4.72 Å². The van der Waals surface area contributed by atoms with Crippen LogP contribution in [0.25, 0.3) is 0 Å². The van der Waals surface area contributed by atoms with E-state index >= 15 is 0 Å². The molecule has 0 aliphatic carbocycles. The molecule has 2 rings (SSSR count). The molecule has 2 aromatic rings. The zero-order valence-corrected chi connectivity index (χ0v) is 13.1. The van der Waals surface area contributed by atoms with E-state index in [1.807, 2.05) is 31.2 Å². The van der Waals surface area contributed by atoms with Crippen molar-refractivity contribution in [3.63, 3.8) is 0 Å². The van der Waals surface area contributed by atoms with Crippen molar-refractivity contribution in [3.8, 4) is 5.75 Å². The van der Waals surface area contributed by atoms with Gasteiger partial charge < -0.3 is 4.74 Å². The molecule has 6 heteroatoms. The van der Waals surface area contributed by atoms with Crippen molar-refractivity contribution in [1.29, 1.82) is 0 Å². The van der Waals surface area contributed by atoms with Gasteiger partial charge >= 0.3 is 0 Å². The molecule has 0 unspecified atom stereocenters. The number of hydrogen-bond acceptors (Lipinski definition) is 3. The van der Waals surface area contributed by atoms with Gasteiger partial charge in [-0.05, 0) is 48.9 Å². The van der Waals surface area contributed by atoms with Crippen LogP contribution in [0.15, 0.2) is 53.4 Å². The highest BCUT2D eigenvalue weighted by Gasteiger charge is 2.13. The molecule has 2 aromatic carbocycles. The summed E-state index contributed by atoms with van der Waals surface area (Å²) in [5, 5.41) is 0.498. The smallest absolute Gasteiger partial charge is 0.240 e. The normalized spacial score (nSPS) is 11.3. The van der Waals surface area contributed by atoms with Crippen LogP contribution in [0.1, 0.15) is 12.5 Å². The Balaban J connectivity index is 2.08.